The molecular weight excluding hydrogens is 267 g/mol. The molecule has 0 aliphatic heterocycles. The number of aliphatic carboxylic acids is 2. The molecule has 1 aromatic rings. The Morgan fingerprint density at radius 2 is 1.82 bits per heavy atom. The second kappa shape index (κ2) is 4.94. The summed E-state index contributed by atoms with van der Waals surface area (Å²) in [5.74, 6) is -2.42. The van der Waals surface area contributed by atoms with Crippen LogP contribution in [0.5, 0.6) is 0 Å². The number of rotatable bonds is 4. The highest BCUT2D eigenvalue weighted by Gasteiger charge is 2.38. The van der Waals surface area contributed by atoms with Crippen molar-refractivity contribution in [2.75, 3.05) is 0 Å². The van der Waals surface area contributed by atoms with Gasteiger partial charge in [-0.05, 0) is 24.6 Å². The van der Waals surface area contributed by atoms with Gasteiger partial charge in [-0.25, -0.2) is 0 Å². The molecule has 0 fully saturated rings. The molecule has 4 nitrogen and oxygen atoms in total. The minimum atomic E-state index is -1.53. The average molecular weight is 277 g/mol. The van der Waals surface area contributed by atoms with Gasteiger partial charge < -0.3 is 10.2 Å². The first kappa shape index (κ1) is 13.8. The van der Waals surface area contributed by atoms with Crippen LogP contribution in [-0.4, -0.2) is 22.2 Å². The van der Waals surface area contributed by atoms with Crippen molar-refractivity contribution in [1.29, 1.82) is 0 Å². The monoisotopic (exact) mass is 276 g/mol. The summed E-state index contributed by atoms with van der Waals surface area (Å²) in [6.45, 7) is 1.34. The maximum atomic E-state index is 11.2. The average Bonchev–Trinajstić information content (AvgIpc) is 2.20. The highest BCUT2D eigenvalue weighted by molar-refractivity contribution is 6.42. The molecule has 0 bridgehead atoms. The number of halogens is 2. The minimum Gasteiger partial charge on any atom is -0.481 e. The Balaban J connectivity index is 3.27. The van der Waals surface area contributed by atoms with Crippen LogP contribution in [-0.2, 0) is 15.0 Å². The molecule has 0 heterocycles. The molecule has 0 saturated carbocycles. The van der Waals surface area contributed by atoms with E-state index in [1.54, 1.807) is 0 Å². The van der Waals surface area contributed by atoms with Crippen molar-refractivity contribution in [3.05, 3.63) is 33.8 Å². The highest BCUT2D eigenvalue weighted by Crippen LogP contribution is 2.32. The second-order valence-electron chi connectivity index (χ2n) is 3.84. The summed E-state index contributed by atoms with van der Waals surface area (Å²) >= 11 is 11.5. The van der Waals surface area contributed by atoms with Gasteiger partial charge in [0, 0.05) is 0 Å². The van der Waals surface area contributed by atoms with E-state index in [1.807, 2.05) is 0 Å². The Morgan fingerprint density at radius 1 is 1.24 bits per heavy atom. The van der Waals surface area contributed by atoms with Gasteiger partial charge in [0.1, 0.15) is 5.41 Å². The van der Waals surface area contributed by atoms with Gasteiger partial charge in [0.2, 0.25) is 0 Å². The van der Waals surface area contributed by atoms with Gasteiger partial charge in [0.05, 0.1) is 16.5 Å². The van der Waals surface area contributed by atoms with E-state index in [-0.39, 0.29) is 5.02 Å². The van der Waals surface area contributed by atoms with Gasteiger partial charge in [-0.3, -0.25) is 9.59 Å². The predicted molar refractivity (Wildman–Crippen MR) is 63.7 cm³/mol. The molecule has 1 aromatic carbocycles. The molecule has 17 heavy (non-hydrogen) atoms. The number of carbonyl (C=O) groups is 2. The largest absolute Gasteiger partial charge is 0.481 e. The fourth-order valence-electron chi connectivity index (χ4n) is 1.44. The van der Waals surface area contributed by atoms with Gasteiger partial charge in [-0.2, -0.15) is 0 Å². The summed E-state index contributed by atoms with van der Waals surface area (Å²) in [5, 5.41) is 18.4. The quantitative estimate of drug-likeness (QED) is 0.887. The standard InChI is InChI=1S/C11H10Cl2O4/c1-11(10(16)17,5-9(14)15)6-2-3-7(12)8(13)4-6/h2-4H,5H2,1H3,(H,14,15)(H,16,17). The number of benzene rings is 1. The van der Waals surface area contributed by atoms with Crippen LogP contribution in [0.3, 0.4) is 0 Å². The van der Waals surface area contributed by atoms with E-state index in [0.717, 1.165) is 0 Å². The molecule has 0 aromatic heterocycles. The number of hydrogen-bond donors (Lipinski definition) is 2. The molecule has 6 heteroatoms. The third-order valence-corrected chi connectivity index (χ3v) is 3.27. The zero-order valence-electron chi connectivity index (χ0n) is 8.91. The van der Waals surface area contributed by atoms with Gasteiger partial charge in [0.15, 0.2) is 0 Å². The van der Waals surface area contributed by atoms with Crippen LogP contribution in [0.4, 0.5) is 0 Å². The number of carboxylic acids is 2. The Labute approximate surface area is 108 Å². The third-order valence-electron chi connectivity index (χ3n) is 2.53. The summed E-state index contributed by atoms with van der Waals surface area (Å²) in [6, 6.07) is 4.29. The Bertz CT molecular complexity index is 473. The van der Waals surface area contributed by atoms with E-state index >= 15 is 0 Å². The van der Waals surface area contributed by atoms with Crippen molar-refractivity contribution >= 4 is 35.1 Å². The van der Waals surface area contributed by atoms with E-state index < -0.39 is 23.8 Å². The fraction of sp³-hybridized carbons (Fsp3) is 0.273. The number of hydrogen-bond acceptors (Lipinski definition) is 2. The summed E-state index contributed by atoms with van der Waals surface area (Å²) < 4.78 is 0. The van der Waals surface area contributed by atoms with E-state index in [9.17, 15) is 9.59 Å². The molecule has 1 atom stereocenters. The molecule has 0 amide bonds. The van der Waals surface area contributed by atoms with Crippen LogP contribution < -0.4 is 0 Å². The highest BCUT2D eigenvalue weighted by atomic mass is 35.5. The zero-order valence-corrected chi connectivity index (χ0v) is 10.4. The molecule has 2 N–H and O–H groups in total. The van der Waals surface area contributed by atoms with Crippen molar-refractivity contribution in [3.63, 3.8) is 0 Å². The number of carboxylic acid groups (broad SMARTS) is 2. The maximum Gasteiger partial charge on any atom is 0.314 e. The van der Waals surface area contributed by atoms with Gasteiger partial charge in [-0.1, -0.05) is 29.3 Å². The smallest absolute Gasteiger partial charge is 0.314 e. The van der Waals surface area contributed by atoms with E-state index in [1.165, 1.54) is 25.1 Å². The molecule has 0 spiro atoms. The Morgan fingerprint density at radius 3 is 2.24 bits per heavy atom. The van der Waals surface area contributed by atoms with E-state index in [0.29, 0.717) is 10.6 Å². The lowest BCUT2D eigenvalue weighted by atomic mass is 9.79. The second-order valence-corrected chi connectivity index (χ2v) is 4.65. The first-order valence-electron chi connectivity index (χ1n) is 4.68. The Hall–Kier alpha value is -1.26. The molecule has 92 valence electrons. The predicted octanol–water partition coefficient (Wildman–Crippen LogP) is 2.81. The molecule has 0 aliphatic carbocycles. The molecule has 1 rings (SSSR count). The van der Waals surface area contributed by atoms with Crippen LogP contribution >= 0.6 is 23.2 Å². The normalized spacial score (nSPS) is 14.1. The SMILES string of the molecule is CC(CC(=O)O)(C(=O)O)c1ccc(Cl)c(Cl)c1. The molecule has 0 aliphatic rings. The molecular formula is C11H10Cl2O4. The molecule has 0 saturated heterocycles. The van der Waals surface area contributed by atoms with E-state index in [2.05, 4.69) is 0 Å². The van der Waals surface area contributed by atoms with Gasteiger partial charge >= 0.3 is 11.9 Å². The first-order chi connectivity index (χ1) is 7.77. The summed E-state index contributed by atoms with van der Waals surface area (Å²) in [4.78, 5) is 21.9. The summed E-state index contributed by atoms with van der Waals surface area (Å²) in [5.41, 5.74) is -1.22. The van der Waals surface area contributed by atoms with Crippen LogP contribution in [0, 0.1) is 0 Å². The lowest BCUT2D eigenvalue weighted by molar-refractivity contribution is -0.149. The lowest BCUT2D eigenvalue weighted by Crippen LogP contribution is -2.34. The van der Waals surface area contributed by atoms with Crippen LogP contribution in [0.1, 0.15) is 18.9 Å². The fourth-order valence-corrected chi connectivity index (χ4v) is 1.74. The minimum absolute atomic E-state index is 0.196. The van der Waals surface area contributed by atoms with Crippen molar-refractivity contribution in [1.82, 2.24) is 0 Å². The van der Waals surface area contributed by atoms with Crippen molar-refractivity contribution in [3.8, 4) is 0 Å². The van der Waals surface area contributed by atoms with Crippen molar-refractivity contribution in [2.24, 2.45) is 0 Å². The third kappa shape index (κ3) is 2.90. The zero-order chi connectivity index (χ0) is 13.2. The molecule has 0 radical (unpaired) electrons. The Kier molecular flexibility index (Phi) is 4.01. The lowest BCUT2D eigenvalue weighted by Gasteiger charge is -2.23. The van der Waals surface area contributed by atoms with Gasteiger partial charge in [0.25, 0.3) is 0 Å². The van der Waals surface area contributed by atoms with Crippen LogP contribution in [0.2, 0.25) is 10.0 Å². The topological polar surface area (TPSA) is 74.6 Å². The first-order valence-corrected chi connectivity index (χ1v) is 5.43. The summed E-state index contributed by atoms with van der Waals surface area (Å²) in [7, 11) is 0. The van der Waals surface area contributed by atoms with Crippen LogP contribution in [0.15, 0.2) is 18.2 Å². The molecule has 1 unspecified atom stereocenters. The van der Waals surface area contributed by atoms with Crippen molar-refractivity contribution < 1.29 is 19.8 Å². The van der Waals surface area contributed by atoms with E-state index in [4.69, 9.17) is 33.4 Å². The van der Waals surface area contributed by atoms with Crippen molar-refractivity contribution in [2.45, 2.75) is 18.8 Å². The van der Waals surface area contributed by atoms with Crippen LogP contribution in [0.25, 0.3) is 0 Å². The summed E-state index contributed by atoms with van der Waals surface area (Å²) in [6.07, 6.45) is -0.527. The van der Waals surface area contributed by atoms with Gasteiger partial charge in [-0.15, -0.1) is 0 Å². The maximum absolute atomic E-state index is 11.2.